The van der Waals surface area contributed by atoms with Gasteiger partial charge in [-0.2, -0.15) is 0 Å². The summed E-state index contributed by atoms with van der Waals surface area (Å²) in [5, 5.41) is 2.85. The van der Waals surface area contributed by atoms with Gasteiger partial charge in [0.05, 0.1) is 53.5 Å². The molecule has 12 heteroatoms. The normalized spacial score (nSPS) is 47.6. The van der Waals surface area contributed by atoms with E-state index in [0.29, 0.717) is 23.7 Å². The molecule has 12 aliphatic rings. The van der Waals surface area contributed by atoms with Crippen LogP contribution in [-0.4, -0.2) is 106 Å². The molecule has 0 aromatic heterocycles. The Balaban J connectivity index is 0.000000155. The van der Waals surface area contributed by atoms with Crippen molar-refractivity contribution in [3.63, 3.8) is 0 Å². The van der Waals surface area contributed by atoms with Gasteiger partial charge >= 0.3 is 0 Å². The van der Waals surface area contributed by atoms with Crippen LogP contribution in [0.15, 0.2) is 71.4 Å². The fraction of sp³-hybridized carbons (Fsp3) is 0.750. The van der Waals surface area contributed by atoms with Gasteiger partial charge in [0.1, 0.15) is 20.3 Å². The number of allylic oxidation sites excluding steroid dienone is 2. The molecule has 2 saturated carbocycles. The van der Waals surface area contributed by atoms with Crippen LogP contribution in [0.1, 0.15) is 55.4 Å². The highest BCUT2D eigenvalue weighted by molar-refractivity contribution is 6.89. The molecular weight excluding hydrogens is 817 g/mol. The highest BCUT2D eigenvalue weighted by Gasteiger charge is 2.74. The molecule has 6 fully saturated rings. The standard InChI is InChI=1S/C26H40O4Si2.C22H36O4Si2/c1-11-31(7,8)18-15-17-16-13-14-26(32(9,10)12-2,23-20(16)27-25(5,6)30-23)19(17)22-21(18)28-24(3,4)29-22;1-20(2)24-17-14(27(5)6)11-13-12-9-10-22(28(7)8,15(13)18(17)25-20)19-16(12)23-21(3,4)26-19/h11-17,19-23H,1-2H2,3-10H3;9-13,15-19,27-28H,1-8H3/t16?,17?,19?,20?,21-,22+,23?,26?;12?,13?,15?,16?,17-,18+,19?,22?/m11/s1. The Hall–Kier alpha value is -1.01. The van der Waals surface area contributed by atoms with E-state index in [1.165, 1.54) is 5.20 Å². The van der Waals surface area contributed by atoms with Crippen molar-refractivity contribution in [2.24, 2.45) is 35.5 Å². The highest BCUT2D eigenvalue weighted by atomic mass is 28.3. The molecule has 16 atom stereocenters. The van der Waals surface area contributed by atoms with Gasteiger partial charge in [-0.05, 0) is 72.4 Å². The predicted octanol–water partition coefficient (Wildman–Crippen LogP) is 9.20. The molecule has 12 rings (SSSR count). The van der Waals surface area contributed by atoms with Crippen molar-refractivity contribution in [1.29, 1.82) is 0 Å². The third-order valence-electron chi connectivity index (χ3n) is 16.9. The summed E-state index contributed by atoms with van der Waals surface area (Å²) < 4.78 is 53.1. The first-order valence-electron chi connectivity index (χ1n) is 23.2. The third kappa shape index (κ3) is 6.18. The zero-order valence-corrected chi connectivity index (χ0v) is 43.8. The van der Waals surface area contributed by atoms with Gasteiger partial charge in [-0.3, -0.25) is 0 Å². The number of fused-ring (bicyclic) bond motifs is 2. The van der Waals surface area contributed by atoms with Crippen LogP contribution >= 0.6 is 0 Å². The van der Waals surface area contributed by atoms with Crippen molar-refractivity contribution in [2.45, 2.75) is 190 Å². The SMILES string of the molecule is C=C[Si](C)(C)C1=CC2C3C=CC([Si](C)(C)C=C)(C4OC(C)(C)OC34)C2[C@@H]2OC(C)(C)O[C@H]12.C[SiH](C)C1=CC2C3C=CC([SiH](C)C)(C4OC(C)(C)OC34)C2[C@@H]2OC(C)(C)O[C@H]12. The van der Waals surface area contributed by atoms with E-state index in [1.807, 2.05) is 0 Å². The minimum Gasteiger partial charge on any atom is -0.344 e. The lowest BCUT2D eigenvalue weighted by molar-refractivity contribution is -0.159. The van der Waals surface area contributed by atoms with Crippen molar-refractivity contribution in [3.05, 3.63) is 71.4 Å². The number of hydrogen-bond acceptors (Lipinski definition) is 8. The molecule has 0 aromatic rings. The van der Waals surface area contributed by atoms with E-state index in [4.69, 9.17) is 37.9 Å². The Labute approximate surface area is 366 Å². The quantitative estimate of drug-likeness (QED) is 0.193. The summed E-state index contributed by atoms with van der Waals surface area (Å²) in [5.41, 5.74) is 4.42. The average Bonchev–Trinajstić information content (AvgIpc) is 3.87. The lowest BCUT2D eigenvalue weighted by atomic mass is 9.55. The Bertz CT molecular complexity index is 1930. The largest absolute Gasteiger partial charge is 0.344 e. The number of ether oxygens (including phenoxy) is 8. The first kappa shape index (κ1) is 44.2. The minimum absolute atomic E-state index is 0.00541. The Morgan fingerprint density at radius 1 is 0.550 bits per heavy atom. The highest BCUT2D eigenvalue weighted by Crippen LogP contribution is 2.71. The molecule has 332 valence electrons. The van der Waals surface area contributed by atoms with Gasteiger partial charge in [-0.25, -0.2) is 0 Å². The lowest BCUT2D eigenvalue weighted by Gasteiger charge is -2.64. The maximum absolute atomic E-state index is 6.79. The van der Waals surface area contributed by atoms with E-state index in [1.54, 1.807) is 5.20 Å². The van der Waals surface area contributed by atoms with Crippen LogP contribution in [0.3, 0.4) is 0 Å². The Morgan fingerprint density at radius 2 is 1.03 bits per heavy atom. The maximum atomic E-state index is 6.79. The van der Waals surface area contributed by atoms with Crippen molar-refractivity contribution < 1.29 is 37.9 Å². The second-order valence-electron chi connectivity index (χ2n) is 23.5. The topological polar surface area (TPSA) is 73.8 Å². The van der Waals surface area contributed by atoms with Crippen LogP contribution in [0.5, 0.6) is 0 Å². The Kier molecular flexibility index (Phi) is 10.1. The van der Waals surface area contributed by atoms with E-state index in [9.17, 15) is 0 Å². The molecule has 60 heavy (non-hydrogen) atoms. The van der Waals surface area contributed by atoms with E-state index in [0.717, 1.165) is 0 Å². The zero-order chi connectivity index (χ0) is 43.7. The molecule has 4 heterocycles. The van der Waals surface area contributed by atoms with Crippen LogP contribution in [0.2, 0.25) is 62.5 Å². The minimum atomic E-state index is -2.03. The van der Waals surface area contributed by atoms with Crippen molar-refractivity contribution in [2.75, 3.05) is 0 Å². The van der Waals surface area contributed by atoms with E-state index in [-0.39, 0.29) is 70.7 Å². The summed E-state index contributed by atoms with van der Waals surface area (Å²) in [6.07, 6.45) is 15.7. The lowest BCUT2D eigenvalue weighted by Crippen LogP contribution is -2.68. The fourth-order valence-corrected chi connectivity index (χ4v) is 23.2. The molecule has 0 N–H and O–H groups in total. The molecule has 0 aromatic carbocycles. The molecule has 0 radical (unpaired) electrons. The van der Waals surface area contributed by atoms with Crippen molar-refractivity contribution in [3.8, 4) is 0 Å². The third-order valence-corrected chi connectivity index (χ3v) is 28.7. The molecule has 0 spiro atoms. The molecular formula is C48H76O8Si4. The fourth-order valence-electron chi connectivity index (χ4n) is 14.2. The van der Waals surface area contributed by atoms with Crippen molar-refractivity contribution >= 4 is 33.7 Å². The van der Waals surface area contributed by atoms with E-state index < -0.39 is 56.9 Å². The van der Waals surface area contributed by atoms with Crippen LogP contribution in [0, 0.1) is 35.5 Å². The summed E-state index contributed by atoms with van der Waals surface area (Å²) in [6.45, 7) is 44.5. The number of hydrogen-bond donors (Lipinski definition) is 0. The summed E-state index contributed by atoms with van der Waals surface area (Å²) in [6, 6.07) is 0. The molecule has 12 unspecified atom stereocenters. The first-order valence-corrected chi connectivity index (χ1v) is 35.1. The van der Waals surface area contributed by atoms with Gasteiger partial charge in [0, 0.05) is 42.5 Å². The summed E-state index contributed by atoms with van der Waals surface area (Å²) in [5.74, 6) is -0.0426. The Morgan fingerprint density at radius 3 is 1.58 bits per heavy atom. The summed E-state index contributed by atoms with van der Waals surface area (Å²) in [7, 11) is -6.05. The van der Waals surface area contributed by atoms with Gasteiger partial charge in [0.2, 0.25) is 0 Å². The summed E-state index contributed by atoms with van der Waals surface area (Å²) >= 11 is 0. The van der Waals surface area contributed by atoms with Gasteiger partial charge < -0.3 is 37.9 Å². The molecule has 4 aliphatic heterocycles. The molecule has 8 nitrogen and oxygen atoms in total. The molecule has 0 amide bonds. The predicted molar refractivity (Wildman–Crippen MR) is 249 cm³/mol. The molecule has 4 bridgehead atoms. The zero-order valence-electron chi connectivity index (χ0n) is 39.5. The van der Waals surface area contributed by atoms with Crippen LogP contribution < -0.4 is 0 Å². The van der Waals surface area contributed by atoms with Gasteiger partial charge in [0.25, 0.3) is 0 Å². The summed E-state index contributed by atoms with van der Waals surface area (Å²) in [4.78, 5) is 0. The molecule has 4 saturated heterocycles. The van der Waals surface area contributed by atoms with Crippen molar-refractivity contribution in [1.82, 2.24) is 0 Å². The maximum Gasteiger partial charge on any atom is 0.164 e. The van der Waals surface area contributed by atoms with Crippen LogP contribution in [0.25, 0.3) is 0 Å². The van der Waals surface area contributed by atoms with E-state index in [2.05, 4.69) is 169 Å². The van der Waals surface area contributed by atoms with Gasteiger partial charge in [-0.15, -0.1) is 18.9 Å². The average molecular weight is 893 g/mol. The number of rotatable bonds is 6. The smallest absolute Gasteiger partial charge is 0.164 e. The van der Waals surface area contributed by atoms with Gasteiger partial charge in [0.15, 0.2) is 23.1 Å². The second kappa shape index (κ2) is 13.8. The van der Waals surface area contributed by atoms with E-state index >= 15 is 0 Å². The van der Waals surface area contributed by atoms with Gasteiger partial charge in [-0.1, -0.05) is 99.7 Å². The second-order valence-corrected chi connectivity index (χ2v) is 39.0. The molecule has 8 aliphatic carbocycles. The van der Waals surface area contributed by atoms with Crippen LogP contribution in [0.4, 0.5) is 0 Å². The first-order chi connectivity index (χ1) is 27.7. The van der Waals surface area contributed by atoms with Crippen LogP contribution in [-0.2, 0) is 37.9 Å². The monoisotopic (exact) mass is 892 g/mol.